The fourth-order valence-corrected chi connectivity index (χ4v) is 3.40. The van der Waals surface area contributed by atoms with E-state index in [-0.39, 0.29) is 10.6 Å². The van der Waals surface area contributed by atoms with Crippen molar-refractivity contribution in [2.45, 2.75) is 20.8 Å². The van der Waals surface area contributed by atoms with Crippen LogP contribution in [0.5, 0.6) is 0 Å². The van der Waals surface area contributed by atoms with Gasteiger partial charge in [-0.2, -0.15) is 0 Å². The van der Waals surface area contributed by atoms with Gasteiger partial charge in [-0.25, -0.2) is 4.98 Å². The highest BCUT2D eigenvalue weighted by molar-refractivity contribution is 7.20. The molecule has 0 aliphatic carbocycles. The van der Waals surface area contributed by atoms with Gasteiger partial charge in [0.1, 0.15) is 4.83 Å². The molecule has 0 atom stereocenters. The van der Waals surface area contributed by atoms with Crippen molar-refractivity contribution in [3.05, 3.63) is 20.0 Å². The monoisotopic (exact) mass is 254 g/mol. The van der Waals surface area contributed by atoms with Crippen LogP contribution < -0.4 is 10.1 Å². The van der Waals surface area contributed by atoms with E-state index in [1.807, 2.05) is 13.8 Å². The van der Waals surface area contributed by atoms with E-state index < -0.39 is 0 Å². The molecule has 2 rings (SSSR count). The summed E-state index contributed by atoms with van der Waals surface area (Å²) in [7, 11) is 0. The minimum atomic E-state index is -0.215. The van der Waals surface area contributed by atoms with Crippen LogP contribution in [0.4, 0.5) is 5.13 Å². The van der Waals surface area contributed by atoms with Crippen molar-refractivity contribution in [1.29, 1.82) is 0 Å². The molecule has 2 aromatic rings. The van der Waals surface area contributed by atoms with Gasteiger partial charge in [-0.3, -0.25) is 9.59 Å². The molecular weight excluding hydrogens is 244 g/mol. The molecule has 0 aliphatic heterocycles. The van der Waals surface area contributed by atoms with Gasteiger partial charge in [0.15, 0.2) is 5.13 Å². The average Bonchev–Trinajstić information content (AvgIpc) is 2.41. The minimum Gasteiger partial charge on any atom is -0.302 e. The number of aromatic nitrogens is 1. The quantitative estimate of drug-likeness (QED) is 0.849. The fraction of sp³-hybridized carbons (Fsp3) is 0.300. The molecule has 0 spiro atoms. The van der Waals surface area contributed by atoms with Crippen molar-refractivity contribution in [3.8, 4) is 0 Å². The van der Waals surface area contributed by atoms with E-state index in [1.165, 1.54) is 18.3 Å². The molecule has 4 nitrogen and oxygen atoms in total. The van der Waals surface area contributed by atoms with Crippen LogP contribution in [0, 0.1) is 13.8 Å². The number of hydrogen-bond acceptors (Lipinski definition) is 5. The van der Waals surface area contributed by atoms with Crippen molar-refractivity contribution in [3.63, 3.8) is 0 Å². The Kier molecular flexibility index (Phi) is 2.77. The van der Waals surface area contributed by atoms with Gasteiger partial charge in [-0.05, 0) is 19.4 Å². The van der Waals surface area contributed by atoms with E-state index in [4.69, 9.17) is 0 Å². The number of rotatable bonds is 1. The van der Waals surface area contributed by atoms with E-state index in [1.54, 1.807) is 0 Å². The van der Waals surface area contributed by atoms with Gasteiger partial charge in [-0.15, -0.1) is 11.3 Å². The first-order valence-electron chi connectivity index (χ1n) is 4.67. The van der Waals surface area contributed by atoms with Crippen LogP contribution in [0.3, 0.4) is 0 Å². The van der Waals surface area contributed by atoms with Gasteiger partial charge in [0.25, 0.3) is 0 Å². The molecule has 2 heterocycles. The van der Waals surface area contributed by atoms with Crippen molar-refractivity contribution >= 4 is 43.9 Å². The third kappa shape index (κ3) is 1.85. The first-order valence-corrected chi connectivity index (χ1v) is 6.30. The SMILES string of the molecule is CC(=O)Nc1nc2sc(C)c(C)c2c(=O)s1. The number of carbonyl (C=O) groups excluding carboxylic acids is 1. The number of hydrogen-bond donors (Lipinski definition) is 1. The number of nitrogens with zero attached hydrogens (tertiary/aromatic N) is 1. The lowest BCUT2D eigenvalue weighted by molar-refractivity contribution is -0.114. The molecule has 0 unspecified atom stereocenters. The lowest BCUT2D eigenvalue weighted by Crippen LogP contribution is -2.08. The summed E-state index contributed by atoms with van der Waals surface area (Å²) in [5, 5.41) is 3.59. The number of aryl methyl sites for hydroxylation is 2. The lowest BCUT2D eigenvalue weighted by Gasteiger charge is -1.98. The fourth-order valence-electron chi connectivity index (χ4n) is 1.39. The first-order chi connectivity index (χ1) is 7.49. The largest absolute Gasteiger partial charge is 0.302 e. The second-order valence-corrected chi connectivity index (χ2v) is 5.62. The van der Waals surface area contributed by atoms with Crippen LogP contribution in [0.25, 0.3) is 10.2 Å². The summed E-state index contributed by atoms with van der Waals surface area (Å²) in [5.74, 6) is -0.215. The average molecular weight is 254 g/mol. The molecule has 1 amide bonds. The van der Waals surface area contributed by atoms with Crippen LogP contribution in [0.15, 0.2) is 4.79 Å². The zero-order valence-corrected chi connectivity index (χ0v) is 10.7. The van der Waals surface area contributed by atoms with E-state index in [2.05, 4.69) is 10.3 Å². The maximum absolute atomic E-state index is 11.8. The first kappa shape index (κ1) is 11.2. The van der Waals surface area contributed by atoms with Gasteiger partial charge >= 0.3 is 0 Å². The summed E-state index contributed by atoms with van der Waals surface area (Å²) >= 11 is 2.45. The summed E-state index contributed by atoms with van der Waals surface area (Å²) in [6.07, 6.45) is 0. The molecule has 0 bridgehead atoms. The summed E-state index contributed by atoms with van der Waals surface area (Å²) in [6, 6.07) is 0. The van der Waals surface area contributed by atoms with Crippen LogP contribution in [0.1, 0.15) is 17.4 Å². The number of anilines is 1. The molecule has 0 saturated heterocycles. The Morgan fingerprint density at radius 1 is 1.31 bits per heavy atom. The minimum absolute atomic E-state index is 0.0457. The highest BCUT2D eigenvalue weighted by Gasteiger charge is 2.12. The number of carbonyl (C=O) groups is 1. The topological polar surface area (TPSA) is 59.1 Å². The summed E-state index contributed by atoms with van der Waals surface area (Å²) in [4.78, 5) is 28.8. The third-order valence-corrected chi connectivity index (χ3v) is 4.12. The van der Waals surface area contributed by atoms with E-state index in [0.717, 1.165) is 21.8 Å². The number of fused-ring (bicyclic) bond motifs is 1. The van der Waals surface area contributed by atoms with Gasteiger partial charge < -0.3 is 5.32 Å². The molecule has 84 valence electrons. The third-order valence-electron chi connectivity index (χ3n) is 2.25. The molecule has 0 radical (unpaired) electrons. The smallest absolute Gasteiger partial charge is 0.246 e. The second kappa shape index (κ2) is 3.95. The zero-order chi connectivity index (χ0) is 11.9. The standard InChI is InChI=1S/C10H10N2O2S2/c1-4-5(2)15-8-7(4)9(14)16-10(12-8)11-6(3)13/h1-3H3,(H,11,12,13). The van der Waals surface area contributed by atoms with Crippen molar-refractivity contribution < 1.29 is 4.79 Å². The molecule has 1 N–H and O–H groups in total. The van der Waals surface area contributed by atoms with Crippen LogP contribution in [-0.4, -0.2) is 10.9 Å². The second-order valence-electron chi connectivity index (χ2n) is 3.45. The van der Waals surface area contributed by atoms with Gasteiger partial charge in [0.2, 0.25) is 10.6 Å². The zero-order valence-electron chi connectivity index (χ0n) is 9.08. The van der Waals surface area contributed by atoms with E-state index >= 15 is 0 Å². The maximum atomic E-state index is 11.8. The Balaban J connectivity index is 2.69. The number of thiophene rings is 1. The molecule has 6 heteroatoms. The molecule has 0 saturated carbocycles. The molecule has 2 aromatic heterocycles. The molecule has 0 aliphatic rings. The van der Waals surface area contributed by atoms with Crippen molar-refractivity contribution in [2.24, 2.45) is 0 Å². The van der Waals surface area contributed by atoms with Crippen LogP contribution in [-0.2, 0) is 4.79 Å². The van der Waals surface area contributed by atoms with Crippen molar-refractivity contribution in [1.82, 2.24) is 4.98 Å². The number of nitrogens with one attached hydrogen (secondary N) is 1. The van der Waals surface area contributed by atoms with Crippen LogP contribution in [0.2, 0.25) is 0 Å². The van der Waals surface area contributed by atoms with E-state index in [9.17, 15) is 9.59 Å². The Labute approximate surface area is 100.0 Å². The lowest BCUT2D eigenvalue weighted by atomic mass is 10.2. The Morgan fingerprint density at radius 2 is 2.00 bits per heavy atom. The molecule has 0 aromatic carbocycles. The normalized spacial score (nSPS) is 10.7. The molecular formula is C10H10N2O2S2. The Hall–Kier alpha value is -1.27. The predicted octanol–water partition coefficient (Wildman–Crippen LogP) is 2.29. The predicted molar refractivity (Wildman–Crippen MR) is 67.5 cm³/mol. The highest BCUT2D eigenvalue weighted by Crippen LogP contribution is 2.28. The summed E-state index contributed by atoms with van der Waals surface area (Å²) in [5.41, 5.74) is 0.989. The Bertz CT molecular complexity index is 628. The van der Waals surface area contributed by atoms with Gasteiger partial charge in [0, 0.05) is 11.8 Å². The Morgan fingerprint density at radius 3 is 2.62 bits per heavy atom. The number of amides is 1. The van der Waals surface area contributed by atoms with Gasteiger partial charge in [-0.1, -0.05) is 11.3 Å². The van der Waals surface area contributed by atoms with E-state index in [0.29, 0.717) is 15.3 Å². The van der Waals surface area contributed by atoms with Crippen LogP contribution >= 0.6 is 22.7 Å². The highest BCUT2D eigenvalue weighted by atomic mass is 32.1. The maximum Gasteiger partial charge on any atom is 0.246 e. The molecule has 0 fully saturated rings. The molecule has 16 heavy (non-hydrogen) atoms. The summed E-state index contributed by atoms with van der Waals surface area (Å²) < 4.78 is -0.0457. The summed E-state index contributed by atoms with van der Waals surface area (Å²) in [6.45, 7) is 5.28. The van der Waals surface area contributed by atoms with Crippen molar-refractivity contribution in [2.75, 3.05) is 5.32 Å². The van der Waals surface area contributed by atoms with Gasteiger partial charge in [0.05, 0.1) is 5.39 Å².